The van der Waals surface area contributed by atoms with Crippen molar-refractivity contribution in [2.24, 2.45) is 4.99 Å². The van der Waals surface area contributed by atoms with Crippen LogP contribution in [0.3, 0.4) is 0 Å². The van der Waals surface area contributed by atoms with Crippen LogP contribution in [-0.2, 0) is 6.42 Å². The minimum atomic E-state index is -0.305. The molecule has 0 N–H and O–H groups in total. The first-order valence-electron chi connectivity index (χ1n) is 11.5. The normalized spacial score (nSPS) is 17.9. The van der Waals surface area contributed by atoms with E-state index in [1.165, 1.54) is 16.9 Å². The molecule has 7 rings (SSSR count). The third-order valence-electron chi connectivity index (χ3n) is 6.85. The molecule has 8 heteroatoms. The van der Waals surface area contributed by atoms with Crippen LogP contribution in [0.1, 0.15) is 34.7 Å². The van der Waals surface area contributed by atoms with E-state index >= 15 is 0 Å². The Balaban J connectivity index is 1.49. The molecule has 1 atom stereocenters. The second-order valence-corrected chi connectivity index (χ2v) is 11.1. The van der Waals surface area contributed by atoms with E-state index in [9.17, 15) is 4.79 Å². The van der Waals surface area contributed by atoms with Gasteiger partial charge in [-0.05, 0) is 59.4 Å². The standard InChI is InChI=1S/C28H18BrClN2O3S/c29-20-13-23-22(34-14-35-23)11-16(20)12-24-27(33)32-26(18-7-3-4-8-21(18)30)19-10-9-15-5-1-2-6-17(15)25(19)31-28(32)36-24/h1-8,11-13,26H,9-10,14H2/b24-12-. The fourth-order valence-corrected chi connectivity index (χ4v) is 6.85. The van der Waals surface area contributed by atoms with E-state index < -0.39 is 0 Å². The summed E-state index contributed by atoms with van der Waals surface area (Å²) < 4.78 is 14.2. The topological polar surface area (TPSA) is 52.8 Å². The number of aromatic nitrogens is 1. The summed E-state index contributed by atoms with van der Waals surface area (Å²) in [6, 6.07) is 19.6. The largest absolute Gasteiger partial charge is 0.454 e. The molecule has 1 aromatic heterocycles. The van der Waals surface area contributed by atoms with E-state index in [4.69, 9.17) is 26.1 Å². The molecule has 0 fully saturated rings. The summed E-state index contributed by atoms with van der Waals surface area (Å²) in [5, 5.41) is 0.642. The van der Waals surface area contributed by atoms with Crippen molar-refractivity contribution in [1.82, 2.24) is 4.57 Å². The highest BCUT2D eigenvalue weighted by molar-refractivity contribution is 9.10. The molecule has 2 aliphatic heterocycles. The number of rotatable bonds is 2. The first kappa shape index (κ1) is 22.1. The number of ether oxygens (including phenoxy) is 2. The minimum absolute atomic E-state index is 0.0846. The maximum atomic E-state index is 13.9. The van der Waals surface area contributed by atoms with Gasteiger partial charge in [-0.15, -0.1) is 0 Å². The van der Waals surface area contributed by atoms with Gasteiger partial charge in [-0.25, -0.2) is 4.99 Å². The van der Waals surface area contributed by atoms with Crippen LogP contribution in [0.15, 0.2) is 80.5 Å². The summed E-state index contributed by atoms with van der Waals surface area (Å²) in [5.41, 5.74) is 6.17. The van der Waals surface area contributed by atoms with Gasteiger partial charge in [-0.3, -0.25) is 9.36 Å². The SMILES string of the molecule is O=c1/c(=C/c2cc3c(cc2Br)OCO3)sc2n1C(c1ccccc1Cl)C1=C(N=2)c2ccccc2CC1. The van der Waals surface area contributed by atoms with Gasteiger partial charge in [0.2, 0.25) is 6.79 Å². The molecule has 3 aromatic carbocycles. The molecule has 3 heterocycles. The van der Waals surface area contributed by atoms with Crippen molar-refractivity contribution >= 4 is 50.6 Å². The lowest BCUT2D eigenvalue weighted by Crippen LogP contribution is -2.38. The minimum Gasteiger partial charge on any atom is -0.454 e. The maximum Gasteiger partial charge on any atom is 0.271 e. The highest BCUT2D eigenvalue weighted by Crippen LogP contribution is 2.43. The predicted molar refractivity (Wildman–Crippen MR) is 144 cm³/mol. The van der Waals surface area contributed by atoms with E-state index in [1.807, 2.05) is 53.1 Å². The molecule has 36 heavy (non-hydrogen) atoms. The van der Waals surface area contributed by atoms with E-state index in [1.54, 1.807) is 0 Å². The molecule has 5 nitrogen and oxygen atoms in total. The molecule has 178 valence electrons. The fourth-order valence-electron chi connectivity index (χ4n) is 5.18. The van der Waals surface area contributed by atoms with E-state index in [2.05, 4.69) is 34.1 Å². The summed E-state index contributed by atoms with van der Waals surface area (Å²) in [7, 11) is 0. The van der Waals surface area contributed by atoms with Crippen LogP contribution in [0.25, 0.3) is 11.8 Å². The first-order valence-corrected chi connectivity index (χ1v) is 13.5. The average Bonchev–Trinajstić information content (AvgIpc) is 3.47. The van der Waals surface area contributed by atoms with Gasteiger partial charge >= 0.3 is 0 Å². The summed E-state index contributed by atoms with van der Waals surface area (Å²) in [5.74, 6) is 1.35. The monoisotopic (exact) mass is 576 g/mol. The van der Waals surface area contributed by atoms with Crippen molar-refractivity contribution < 1.29 is 9.47 Å². The van der Waals surface area contributed by atoms with Crippen molar-refractivity contribution in [3.8, 4) is 11.5 Å². The first-order chi connectivity index (χ1) is 17.6. The van der Waals surface area contributed by atoms with Crippen molar-refractivity contribution in [1.29, 1.82) is 0 Å². The second-order valence-electron chi connectivity index (χ2n) is 8.86. The fraction of sp³-hybridized carbons (Fsp3) is 0.143. The number of nitrogens with zero attached hydrogens (tertiary/aromatic N) is 2. The van der Waals surface area contributed by atoms with Crippen molar-refractivity contribution in [2.45, 2.75) is 18.9 Å². The molecule has 0 radical (unpaired) electrons. The molecule has 0 saturated carbocycles. The van der Waals surface area contributed by atoms with Crippen LogP contribution < -0.4 is 24.4 Å². The number of benzene rings is 3. The van der Waals surface area contributed by atoms with Crippen molar-refractivity contribution in [3.63, 3.8) is 0 Å². The van der Waals surface area contributed by atoms with Gasteiger partial charge in [0.1, 0.15) is 0 Å². The molecule has 0 amide bonds. The molecule has 1 unspecified atom stereocenters. The Labute approximate surface area is 223 Å². The lowest BCUT2D eigenvalue weighted by atomic mass is 9.83. The number of hydrogen-bond acceptors (Lipinski definition) is 5. The number of thiazole rings is 1. The van der Waals surface area contributed by atoms with Crippen LogP contribution in [0.5, 0.6) is 11.5 Å². The van der Waals surface area contributed by atoms with Gasteiger partial charge in [0, 0.05) is 15.1 Å². The van der Waals surface area contributed by atoms with E-state index in [-0.39, 0.29) is 18.4 Å². The molecular weight excluding hydrogens is 560 g/mol. The molecule has 0 saturated heterocycles. The second kappa shape index (κ2) is 8.47. The smallest absolute Gasteiger partial charge is 0.271 e. The molecule has 3 aliphatic rings. The zero-order valence-corrected chi connectivity index (χ0v) is 22.0. The average molecular weight is 578 g/mol. The van der Waals surface area contributed by atoms with Gasteiger partial charge in [0.15, 0.2) is 16.3 Å². The summed E-state index contributed by atoms with van der Waals surface area (Å²) >= 11 is 11.7. The lowest BCUT2D eigenvalue weighted by molar-refractivity contribution is 0.174. The molecule has 0 bridgehead atoms. The van der Waals surface area contributed by atoms with Crippen LogP contribution in [0.4, 0.5) is 0 Å². The zero-order chi connectivity index (χ0) is 24.4. The molecule has 4 aromatic rings. The molecular formula is C28H18BrClN2O3S. The number of fused-ring (bicyclic) bond motifs is 4. The summed E-state index contributed by atoms with van der Waals surface area (Å²) in [4.78, 5) is 19.7. The summed E-state index contributed by atoms with van der Waals surface area (Å²) in [6.07, 6.45) is 3.61. The highest BCUT2D eigenvalue weighted by Gasteiger charge is 2.33. The summed E-state index contributed by atoms with van der Waals surface area (Å²) in [6.45, 7) is 0.193. The van der Waals surface area contributed by atoms with Crippen LogP contribution in [-0.4, -0.2) is 11.4 Å². The van der Waals surface area contributed by atoms with E-state index in [0.717, 1.165) is 45.3 Å². The van der Waals surface area contributed by atoms with Gasteiger partial charge in [0.25, 0.3) is 5.56 Å². The number of allylic oxidation sites excluding steroid dienone is 1. The highest BCUT2D eigenvalue weighted by atomic mass is 79.9. The van der Waals surface area contributed by atoms with E-state index in [0.29, 0.717) is 25.9 Å². The van der Waals surface area contributed by atoms with Gasteiger partial charge in [0.05, 0.1) is 16.3 Å². The maximum absolute atomic E-state index is 13.9. The quantitative estimate of drug-likeness (QED) is 0.318. The Kier molecular flexibility index (Phi) is 5.20. The molecule has 0 spiro atoms. The number of halogens is 2. The van der Waals surface area contributed by atoms with Crippen molar-refractivity contribution in [2.75, 3.05) is 6.79 Å². The van der Waals surface area contributed by atoms with Gasteiger partial charge in [-0.2, -0.15) is 0 Å². The molecule has 1 aliphatic carbocycles. The van der Waals surface area contributed by atoms with Gasteiger partial charge < -0.3 is 9.47 Å². The number of hydrogen-bond donors (Lipinski definition) is 0. The Morgan fingerprint density at radius 1 is 1.06 bits per heavy atom. The number of aryl methyl sites for hydroxylation is 1. The Morgan fingerprint density at radius 2 is 1.83 bits per heavy atom. The van der Waals surface area contributed by atoms with Crippen molar-refractivity contribution in [3.05, 3.63) is 118 Å². The third-order valence-corrected chi connectivity index (χ3v) is 8.87. The third kappa shape index (κ3) is 3.41. The van der Waals surface area contributed by atoms with Crippen LogP contribution in [0, 0.1) is 0 Å². The van der Waals surface area contributed by atoms with Gasteiger partial charge in [-0.1, -0.05) is 81.3 Å². The Morgan fingerprint density at radius 3 is 2.69 bits per heavy atom. The van der Waals surface area contributed by atoms with Crippen LogP contribution in [0.2, 0.25) is 5.02 Å². The predicted octanol–water partition coefficient (Wildman–Crippen LogP) is 5.46. The zero-order valence-electron chi connectivity index (χ0n) is 18.8. The lowest BCUT2D eigenvalue weighted by Gasteiger charge is -2.31. The van der Waals surface area contributed by atoms with Crippen LogP contribution >= 0.6 is 38.9 Å². The Bertz CT molecular complexity index is 1790. The Hall–Kier alpha value is -3.13.